The summed E-state index contributed by atoms with van der Waals surface area (Å²) in [6.45, 7) is 0.0320. The Morgan fingerprint density at radius 2 is 1.69 bits per heavy atom. The van der Waals surface area contributed by atoms with E-state index in [9.17, 15) is 14.4 Å². The van der Waals surface area contributed by atoms with Crippen molar-refractivity contribution in [2.45, 2.75) is 43.1 Å². The summed E-state index contributed by atoms with van der Waals surface area (Å²) in [7, 11) is 0. The molecule has 2 atom stereocenters. The zero-order valence-electron chi connectivity index (χ0n) is 19.1. The molecule has 0 radical (unpaired) electrons. The summed E-state index contributed by atoms with van der Waals surface area (Å²) in [5.41, 5.74) is 3.86. The molecule has 1 unspecified atom stereocenters. The molecule has 2 aliphatic heterocycles. The Hall–Kier alpha value is -3.58. The smallest absolute Gasteiger partial charge is 0.333 e. The van der Waals surface area contributed by atoms with Gasteiger partial charge >= 0.3 is 5.97 Å². The molecule has 0 bridgehead atoms. The third kappa shape index (κ3) is 5.10. The highest BCUT2D eigenvalue weighted by Gasteiger charge is 2.55. The number of esters is 1. The number of carbonyl (C=O) groups excluding carboxylic acids is 3. The molecule has 0 aliphatic carbocycles. The molecule has 178 valence electrons. The summed E-state index contributed by atoms with van der Waals surface area (Å²) in [5, 5.41) is 1.71. The van der Waals surface area contributed by atoms with Crippen molar-refractivity contribution in [2.75, 3.05) is 0 Å². The van der Waals surface area contributed by atoms with E-state index in [0.717, 1.165) is 41.7 Å². The van der Waals surface area contributed by atoms with Crippen molar-refractivity contribution in [3.05, 3.63) is 101 Å². The van der Waals surface area contributed by atoms with E-state index >= 15 is 0 Å². The van der Waals surface area contributed by atoms with Crippen LogP contribution in [-0.4, -0.2) is 28.0 Å². The number of amides is 2. The molecule has 6 nitrogen and oxygen atoms in total. The highest BCUT2D eigenvalue weighted by atomic mass is 32.2. The molecule has 1 N–H and O–H groups in total. The summed E-state index contributed by atoms with van der Waals surface area (Å²) < 4.78 is 10.1. The van der Waals surface area contributed by atoms with Crippen LogP contribution in [0.15, 0.2) is 78.9 Å². The highest BCUT2D eigenvalue weighted by molar-refractivity contribution is 8.16. The van der Waals surface area contributed by atoms with Crippen LogP contribution in [0.3, 0.4) is 0 Å². The van der Waals surface area contributed by atoms with E-state index in [1.54, 1.807) is 0 Å². The van der Waals surface area contributed by atoms with Gasteiger partial charge in [-0.25, -0.2) is 4.79 Å². The van der Waals surface area contributed by atoms with E-state index in [1.165, 1.54) is 5.56 Å². The number of rotatable bonds is 7. The molecule has 0 saturated carbocycles. The van der Waals surface area contributed by atoms with Gasteiger partial charge in [0.15, 0.2) is 0 Å². The van der Waals surface area contributed by atoms with Crippen LogP contribution in [0, 0.1) is 0 Å². The zero-order valence-corrected chi connectivity index (χ0v) is 19.9. The van der Waals surface area contributed by atoms with Gasteiger partial charge in [-0.15, -0.1) is 0 Å². The highest BCUT2D eigenvalue weighted by Crippen LogP contribution is 2.38. The minimum atomic E-state index is -1.65. The van der Waals surface area contributed by atoms with Gasteiger partial charge < -0.3 is 9.47 Å². The average molecular weight is 488 g/mol. The summed E-state index contributed by atoms with van der Waals surface area (Å²) >= 11 is 0.693. The van der Waals surface area contributed by atoms with E-state index in [0.29, 0.717) is 11.8 Å². The van der Waals surface area contributed by atoms with Crippen LogP contribution in [0.25, 0.3) is 0 Å². The topological polar surface area (TPSA) is 81.7 Å². The van der Waals surface area contributed by atoms with Crippen molar-refractivity contribution in [3.8, 4) is 5.75 Å². The fraction of sp³-hybridized carbons (Fsp3) is 0.250. The number of imide groups is 1. The number of aryl methyl sites for hydroxylation is 1. The maximum Gasteiger partial charge on any atom is 0.333 e. The first-order valence-electron chi connectivity index (χ1n) is 11.6. The molecular formula is C28H25NO5S. The van der Waals surface area contributed by atoms with Gasteiger partial charge in [0.05, 0.1) is 0 Å². The number of benzene rings is 3. The SMILES string of the molecule is O=C1NC(=O)C(Cc2ccc3c(c2)CC[C@H](Cc2ccccc2)O3)(C(=O)OCc2ccccc2)S1. The number of hydrogen-bond donors (Lipinski definition) is 1. The second-order valence-corrected chi connectivity index (χ2v) is 10.1. The Labute approximate surface area is 208 Å². The molecule has 2 aliphatic rings. The Morgan fingerprint density at radius 1 is 0.971 bits per heavy atom. The number of thioether (sulfide) groups is 1. The second-order valence-electron chi connectivity index (χ2n) is 8.82. The maximum absolute atomic E-state index is 13.1. The van der Waals surface area contributed by atoms with E-state index in [-0.39, 0.29) is 19.1 Å². The average Bonchev–Trinajstić information content (AvgIpc) is 3.17. The van der Waals surface area contributed by atoms with E-state index in [2.05, 4.69) is 17.4 Å². The molecule has 5 rings (SSSR count). The first-order valence-corrected chi connectivity index (χ1v) is 12.4. The number of hydrogen-bond acceptors (Lipinski definition) is 6. The fourth-order valence-electron chi connectivity index (χ4n) is 4.50. The van der Waals surface area contributed by atoms with Crippen LogP contribution in [0.1, 0.15) is 28.7 Å². The van der Waals surface area contributed by atoms with E-state index in [4.69, 9.17) is 9.47 Å². The van der Waals surface area contributed by atoms with Crippen LogP contribution in [0.2, 0.25) is 0 Å². The van der Waals surface area contributed by atoms with Crippen molar-refractivity contribution in [2.24, 2.45) is 0 Å². The van der Waals surface area contributed by atoms with Gasteiger partial charge in [-0.3, -0.25) is 14.9 Å². The minimum absolute atomic E-state index is 0.0320. The monoisotopic (exact) mass is 487 g/mol. The molecule has 2 heterocycles. The number of fused-ring (bicyclic) bond motifs is 1. The van der Waals surface area contributed by atoms with Gasteiger partial charge in [-0.05, 0) is 52.9 Å². The Kier molecular flexibility index (Phi) is 6.59. The lowest BCUT2D eigenvalue weighted by molar-refractivity contribution is -0.150. The number of nitrogens with one attached hydrogen (secondary N) is 1. The summed E-state index contributed by atoms with van der Waals surface area (Å²) in [5.74, 6) is -0.532. The summed E-state index contributed by atoms with van der Waals surface area (Å²) in [6, 6.07) is 25.2. The lowest BCUT2D eigenvalue weighted by Gasteiger charge is -2.27. The van der Waals surface area contributed by atoms with Gasteiger partial charge in [0.1, 0.15) is 18.5 Å². The maximum atomic E-state index is 13.1. The van der Waals surface area contributed by atoms with E-state index < -0.39 is 21.9 Å². The summed E-state index contributed by atoms with van der Waals surface area (Å²) in [4.78, 5) is 38.0. The molecule has 7 heteroatoms. The first kappa shape index (κ1) is 23.2. The number of ether oxygens (including phenoxy) is 2. The van der Waals surface area contributed by atoms with Crippen molar-refractivity contribution in [1.82, 2.24) is 5.32 Å². The number of carbonyl (C=O) groups is 3. The molecule has 1 fully saturated rings. The Morgan fingerprint density at radius 3 is 2.37 bits per heavy atom. The minimum Gasteiger partial charge on any atom is -0.490 e. The van der Waals surface area contributed by atoms with Crippen molar-refractivity contribution >= 4 is 28.9 Å². The molecular weight excluding hydrogens is 462 g/mol. The first-order chi connectivity index (χ1) is 17.0. The third-order valence-corrected chi connectivity index (χ3v) is 7.44. The molecule has 2 amide bonds. The van der Waals surface area contributed by atoms with Gasteiger partial charge in [0.25, 0.3) is 11.1 Å². The molecule has 3 aromatic carbocycles. The van der Waals surface area contributed by atoms with Gasteiger partial charge in [0.2, 0.25) is 4.75 Å². The second kappa shape index (κ2) is 9.96. The predicted octanol–water partition coefficient (Wildman–Crippen LogP) is 4.63. The van der Waals surface area contributed by atoms with E-state index in [1.807, 2.05) is 66.7 Å². The molecule has 35 heavy (non-hydrogen) atoms. The lowest BCUT2D eigenvalue weighted by Crippen LogP contribution is -2.46. The molecule has 0 aromatic heterocycles. The van der Waals surface area contributed by atoms with Gasteiger partial charge in [0, 0.05) is 12.8 Å². The molecule has 3 aromatic rings. The predicted molar refractivity (Wildman–Crippen MR) is 133 cm³/mol. The fourth-order valence-corrected chi connectivity index (χ4v) is 5.49. The quantitative estimate of drug-likeness (QED) is 0.387. The zero-order chi connectivity index (χ0) is 24.3. The van der Waals surface area contributed by atoms with Gasteiger partial charge in [-0.1, -0.05) is 72.8 Å². The van der Waals surface area contributed by atoms with Crippen LogP contribution >= 0.6 is 11.8 Å². The normalized spacial score (nSPS) is 21.1. The van der Waals surface area contributed by atoms with Crippen LogP contribution in [0.5, 0.6) is 5.75 Å². The molecule has 0 spiro atoms. The van der Waals surface area contributed by atoms with Crippen molar-refractivity contribution < 1.29 is 23.9 Å². The van der Waals surface area contributed by atoms with Crippen molar-refractivity contribution in [1.29, 1.82) is 0 Å². The Bertz CT molecular complexity index is 1250. The van der Waals surface area contributed by atoms with Crippen LogP contribution in [-0.2, 0) is 40.2 Å². The van der Waals surface area contributed by atoms with Crippen LogP contribution in [0.4, 0.5) is 4.79 Å². The lowest BCUT2D eigenvalue weighted by atomic mass is 9.92. The van der Waals surface area contributed by atoms with Crippen molar-refractivity contribution in [3.63, 3.8) is 0 Å². The largest absolute Gasteiger partial charge is 0.490 e. The molecule has 1 saturated heterocycles. The van der Waals surface area contributed by atoms with Crippen LogP contribution < -0.4 is 10.1 Å². The third-order valence-electron chi connectivity index (χ3n) is 6.31. The van der Waals surface area contributed by atoms with Gasteiger partial charge in [-0.2, -0.15) is 0 Å². The standard InChI is InChI=1S/C28H25NO5S/c30-25-28(35-27(32)29-25,26(31)33-18-20-9-5-2-6-10-20)17-21-11-14-24-22(15-21)12-13-23(34-24)16-19-7-3-1-4-8-19/h1-11,14-15,23H,12-13,16-18H2,(H,29,30,32)/t23-,28?/m1/s1. The summed E-state index contributed by atoms with van der Waals surface area (Å²) in [6.07, 6.45) is 2.72. The Balaban J connectivity index is 1.31.